The second kappa shape index (κ2) is 9.30. The van der Waals surface area contributed by atoms with Crippen LogP contribution in [0, 0.1) is 0 Å². The zero-order valence-corrected chi connectivity index (χ0v) is 15.5. The first kappa shape index (κ1) is 19.1. The molecule has 1 saturated heterocycles. The van der Waals surface area contributed by atoms with Crippen LogP contribution < -0.4 is 10.6 Å². The second-order valence-electron chi connectivity index (χ2n) is 6.54. The summed E-state index contributed by atoms with van der Waals surface area (Å²) in [5.74, 6) is -0.125. The van der Waals surface area contributed by atoms with E-state index in [4.69, 9.17) is 4.74 Å². The van der Waals surface area contributed by atoms with Crippen molar-refractivity contribution in [2.75, 3.05) is 38.2 Å². The highest BCUT2D eigenvalue weighted by atomic mass is 16.5. The van der Waals surface area contributed by atoms with Crippen LogP contribution in [-0.2, 0) is 9.53 Å². The fraction of sp³-hybridized carbons (Fsp3) is 0.333. The molecule has 0 bridgehead atoms. The van der Waals surface area contributed by atoms with Crippen molar-refractivity contribution < 1.29 is 14.3 Å². The van der Waals surface area contributed by atoms with Crippen LogP contribution in [0.25, 0.3) is 0 Å². The molecule has 1 heterocycles. The van der Waals surface area contributed by atoms with E-state index in [2.05, 4.69) is 10.6 Å². The number of amides is 2. The van der Waals surface area contributed by atoms with Crippen LogP contribution >= 0.6 is 0 Å². The summed E-state index contributed by atoms with van der Waals surface area (Å²) in [6, 6.07) is 17.1. The lowest BCUT2D eigenvalue weighted by Gasteiger charge is -2.26. The Hall–Kier alpha value is -2.70. The monoisotopic (exact) mass is 367 g/mol. The third-order valence-electron chi connectivity index (χ3n) is 4.58. The minimum absolute atomic E-state index is 0.00507. The van der Waals surface area contributed by atoms with Crippen molar-refractivity contribution >= 4 is 17.5 Å². The molecule has 1 aliphatic rings. The normalized spacial score (nSPS) is 15.2. The molecule has 1 fully saturated rings. The van der Waals surface area contributed by atoms with Gasteiger partial charge in [0.15, 0.2) is 0 Å². The van der Waals surface area contributed by atoms with Gasteiger partial charge in [-0.15, -0.1) is 0 Å². The standard InChI is InChI=1S/C21H25N3O3/c1-16(17-5-3-2-4-6-17)22-15-20(25)23-19-9-7-18(8-10-19)21(26)24-11-13-27-14-12-24/h2-10,16,22H,11-15H2,1H3,(H,23,25). The third-order valence-corrected chi connectivity index (χ3v) is 4.58. The molecule has 0 aromatic heterocycles. The number of ether oxygens (including phenoxy) is 1. The molecular formula is C21H25N3O3. The Balaban J connectivity index is 1.49. The Morgan fingerprint density at radius 2 is 1.70 bits per heavy atom. The first-order valence-corrected chi connectivity index (χ1v) is 9.19. The fourth-order valence-corrected chi connectivity index (χ4v) is 2.96. The number of hydrogen-bond acceptors (Lipinski definition) is 4. The molecule has 27 heavy (non-hydrogen) atoms. The van der Waals surface area contributed by atoms with Gasteiger partial charge in [0.2, 0.25) is 5.91 Å². The van der Waals surface area contributed by atoms with Crippen molar-refractivity contribution in [1.82, 2.24) is 10.2 Å². The van der Waals surface area contributed by atoms with Gasteiger partial charge >= 0.3 is 0 Å². The third kappa shape index (κ3) is 5.39. The molecule has 1 aliphatic heterocycles. The highest BCUT2D eigenvalue weighted by Gasteiger charge is 2.18. The molecule has 2 amide bonds. The van der Waals surface area contributed by atoms with Crippen molar-refractivity contribution in [3.8, 4) is 0 Å². The van der Waals surface area contributed by atoms with Crippen molar-refractivity contribution in [2.45, 2.75) is 13.0 Å². The molecule has 2 aromatic rings. The SMILES string of the molecule is CC(NCC(=O)Nc1ccc(C(=O)N2CCOCC2)cc1)c1ccccc1. The minimum atomic E-state index is -0.120. The summed E-state index contributed by atoms with van der Waals surface area (Å²) in [7, 11) is 0. The number of nitrogens with zero attached hydrogens (tertiary/aromatic N) is 1. The highest BCUT2D eigenvalue weighted by molar-refractivity contribution is 5.96. The van der Waals surface area contributed by atoms with Gasteiger partial charge in [-0.05, 0) is 36.8 Å². The Morgan fingerprint density at radius 3 is 2.37 bits per heavy atom. The van der Waals surface area contributed by atoms with Gasteiger partial charge in [0.25, 0.3) is 5.91 Å². The smallest absolute Gasteiger partial charge is 0.254 e. The highest BCUT2D eigenvalue weighted by Crippen LogP contribution is 2.13. The van der Waals surface area contributed by atoms with Gasteiger partial charge in [0.05, 0.1) is 19.8 Å². The summed E-state index contributed by atoms with van der Waals surface area (Å²) in [5, 5.41) is 6.05. The molecule has 142 valence electrons. The maximum Gasteiger partial charge on any atom is 0.254 e. The largest absolute Gasteiger partial charge is 0.378 e. The van der Waals surface area contributed by atoms with E-state index in [9.17, 15) is 9.59 Å². The summed E-state index contributed by atoms with van der Waals surface area (Å²) < 4.78 is 5.27. The number of rotatable bonds is 6. The van der Waals surface area contributed by atoms with E-state index >= 15 is 0 Å². The van der Waals surface area contributed by atoms with Crippen molar-refractivity contribution in [1.29, 1.82) is 0 Å². The molecule has 0 aliphatic carbocycles. The van der Waals surface area contributed by atoms with Crippen LogP contribution in [0.4, 0.5) is 5.69 Å². The van der Waals surface area contributed by atoms with E-state index in [0.29, 0.717) is 37.6 Å². The van der Waals surface area contributed by atoms with E-state index in [1.807, 2.05) is 37.3 Å². The summed E-state index contributed by atoms with van der Waals surface area (Å²) in [6.07, 6.45) is 0. The first-order chi connectivity index (χ1) is 13.1. The van der Waals surface area contributed by atoms with Crippen LogP contribution in [-0.4, -0.2) is 49.6 Å². The van der Waals surface area contributed by atoms with Crippen LogP contribution in [0.5, 0.6) is 0 Å². The lowest BCUT2D eigenvalue weighted by Crippen LogP contribution is -2.40. The molecule has 0 saturated carbocycles. The van der Waals surface area contributed by atoms with E-state index in [1.165, 1.54) is 0 Å². The number of nitrogens with one attached hydrogen (secondary N) is 2. The molecule has 2 N–H and O–H groups in total. The maximum absolute atomic E-state index is 12.4. The van der Waals surface area contributed by atoms with Gasteiger partial charge in [-0.25, -0.2) is 0 Å². The van der Waals surface area contributed by atoms with E-state index in [1.54, 1.807) is 29.2 Å². The minimum Gasteiger partial charge on any atom is -0.378 e. The molecule has 0 spiro atoms. The van der Waals surface area contributed by atoms with E-state index < -0.39 is 0 Å². The molecule has 2 aromatic carbocycles. The molecular weight excluding hydrogens is 342 g/mol. The van der Waals surface area contributed by atoms with Gasteiger partial charge in [-0.1, -0.05) is 30.3 Å². The van der Waals surface area contributed by atoms with E-state index in [0.717, 1.165) is 5.56 Å². The number of carbonyl (C=O) groups is 2. The molecule has 1 unspecified atom stereocenters. The number of hydrogen-bond donors (Lipinski definition) is 2. The van der Waals surface area contributed by atoms with E-state index in [-0.39, 0.29) is 24.4 Å². The Morgan fingerprint density at radius 1 is 1.04 bits per heavy atom. The number of morpholine rings is 1. The predicted octanol–water partition coefficient (Wildman–Crippen LogP) is 2.45. The molecule has 6 nitrogen and oxygen atoms in total. The van der Waals surface area contributed by atoms with Gasteiger partial charge in [0, 0.05) is 30.4 Å². The quantitative estimate of drug-likeness (QED) is 0.823. The molecule has 3 rings (SSSR count). The van der Waals surface area contributed by atoms with Crippen LogP contribution in [0.2, 0.25) is 0 Å². The lowest BCUT2D eigenvalue weighted by molar-refractivity contribution is -0.115. The predicted molar refractivity (Wildman–Crippen MR) is 105 cm³/mol. The zero-order valence-electron chi connectivity index (χ0n) is 15.5. The van der Waals surface area contributed by atoms with Gasteiger partial charge in [-0.2, -0.15) is 0 Å². The molecule has 1 atom stereocenters. The maximum atomic E-state index is 12.4. The lowest BCUT2D eigenvalue weighted by atomic mass is 10.1. The summed E-state index contributed by atoms with van der Waals surface area (Å²) >= 11 is 0. The first-order valence-electron chi connectivity index (χ1n) is 9.19. The van der Waals surface area contributed by atoms with Crippen molar-refractivity contribution in [2.24, 2.45) is 0 Å². The summed E-state index contributed by atoms with van der Waals surface area (Å²) in [4.78, 5) is 26.4. The molecule has 0 radical (unpaired) electrons. The van der Waals surface area contributed by atoms with Crippen molar-refractivity contribution in [3.63, 3.8) is 0 Å². The van der Waals surface area contributed by atoms with Gasteiger partial charge in [-0.3, -0.25) is 9.59 Å². The Labute approximate surface area is 159 Å². The van der Waals surface area contributed by atoms with Crippen LogP contribution in [0.1, 0.15) is 28.9 Å². The number of anilines is 1. The van der Waals surface area contributed by atoms with Crippen LogP contribution in [0.3, 0.4) is 0 Å². The number of benzene rings is 2. The second-order valence-corrected chi connectivity index (χ2v) is 6.54. The van der Waals surface area contributed by atoms with Gasteiger partial charge in [0.1, 0.15) is 0 Å². The average Bonchev–Trinajstić information content (AvgIpc) is 2.73. The van der Waals surface area contributed by atoms with Crippen LogP contribution in [0.15, 0.2) is 54.6 Å². The number of carbonyl (C=O) groups excluding carboxylic acids is 2. The topological polar surface area (TPSA) is 70.7 Å². The summed E-state index contributed by atoms with van der Waals surface area (Å²) in [5.41, 5.74) is 2.43. The zero-order chi connectivity index (χ0) is 19.1. The molecule has 6 heteroatoms. The van der Waals surface area contributed by atoms with Crippen molar-refractivity contribution in [3.05, 3.63) is 65.7 Å². The Bertz CT molecular complexity index is 756. The van der Waals surface area contributed by atoms with Gasteiger partial charge < -0.3 is 20.3 Å². The average molecular weight is 367 g/mol. The Kier molecular flexibility index (Phi) is 6.57. The fourth-order valence-electron chi connectivity index (χ4n) is 2.96. The summed E-state index contributed by atoms with van der Waals surface area (Å²) in [6.45, 7) is 4.62.